The van der Waals surface area contributed by atoms with Crippen molar-refractivity contribution in [3.8, 4) is 5.75 Å². The van der Waals surface area contributed by atoms with Gasteiger partial charge in [0.25, 0.3) is 0 Å². The number of morpholine rings is 1. The molecule has 1 aliphatic heterocycles. The van der Waals surface area contributed by atoms with E-state index in [0.717, 1.165) is 37.4 Å². The van der Waals surface area contributed by atoms with E-state index in [1.807, 2.05) is 24.3 Å². The lowest BCUT2D eigenvalue weighted by molar-refractivity contribution is -0.0502. The molecule has 0 saturated carbocycles. The summed E-state index contributed by atoms with van der Waals surface area (Å²) in [7, 11) is 0. The lowest BCUT2D eigenvalue weighted by atomic mass is 10.2. The van der Waals surface area contributed by atoms with Crippen molar-refractivity contribution in [2.75, 3.05) is 26.3 Å². The number of thiocarbonyl (C=S) groups is 1. The van der Waals surface area contributed by atoms with E-state index in [1.165, 1.54) is 0 Å². The fraction of sp³-hybridized carbons (Fsp3) is 0.562. The molecule has 1 saturated heterocycles. The molecule has 1 aliphatic rings. The topological polar surface area (TPSA) is 47.7 Å². The average molecular weight is 308 g/mol. The van der Waals surface area contributed by atoms with Gasteiger partial charge in [0.2, 0.25) is 0 Å². The average Bonchev–Trinajstić information content (AvgIpc) is 2.47. The molecule has 0 aliphatic carbocycles. The van der Waals surface area contributed by atoms with Gasteiger partial charge in [0, 0.05) is 24.7 Å². The molecule has 116 valence electrons. The van der Waals surface area contributed by atoms with Crippen LogP contribution in [0, 0.1) is 0 Å². The van der Waals surface area contributed by atoms with E-state index in [0.29, 0.717) is 23.7 Å². The highest BCUT2D eigenvalue weighted by Gasteiger charge is 2.22. The molecule has 1 fully saturated rings. The lowest BCUT2D eigenvalue weighted by Crippen LogP contribution is -2.47. The summed E-state index contributed by atoms with van der Waals surface area (Å²) in [6, 6.07) is 8.11. The highest BCUT2D eigenvalue weighted by Crippen LogP contribution is 2.15. The summed E-state index contributed by atoms with van der Waals surface area (Å²) in [5.74, 6) is 0.823. The predicted molar refractivity (Wildman–Crippen MR) is 88.9 cm³/mol. The first-order valence-electron chi connectivity index (χ1n) is 7.44. The predicted octanol–water partition coefficient (Wildman–Crippen LogP) is 2.20. The minimum absolute atomic E-state index is 0.323. The van der Waals surface area contributed by atoms with Crippen LogP contribution in [0.3, 0.4) is 0 Å². The van der Waals surface area contributed by atoms with Crippen LogP contribution < -0.4 is 10.5 Å². The molecule has 0 amide bonds. The number of nitrogens with two attached hydrogens (primary N) is 1. The van der Waals surface area contributed by atoms with Gasteiger partial charge in [-0.25, -0.2) is 0 Å². The van der Waals surface area contributed by atoms with Crippen molar-refractivity contribution < 1.29 is 9.47 Å². The molecule has 2 N–H and O–H groups in total. The Balaban J connectivity index is 1.74. The number of hydrogen-bond donors (Lipinski definition) is 1. The first-order valence-corrected chi connectivity index (χ1v) is 7.85. The van der Waals surface area contributed by atoms with Gasteiger partial charge in [0.05, 0.1) is 19.3 Å². The van der Waals surface area contributed by atoms with E-state index in [4.69, 9.17) is 27.4 Å². The zero-order chi connectivity index (χ0) is 15.2. The summed E-state index contributed by atoms with van der Waals surface area (Å²) >= 11 is 4.97. The van der Waals surface area contributed by atoms with E-state index in [-0.39, 0.29) is 0 Å². The van der Waals surface area contributed by atoms with Crippen LogP contribution in [-0.2, 0) is 4.74 Å². The van der Waals surface area contributed by atoms with Gasteiger partial charge in [0.1, 0.15) is 10.7 Å². The molecular formula is C16H24N2O2S. The van der Waals surface area contributed by atoms with E-state index in [2.05, 4.69) is 18.7 Å². The second-order valence-electron chi connectivity index (χ2n) is 5.58. The summed E-state index contributed by atoms with van der Waals surface area (Å²) < 4.78 is 11.4. The Kier molecular flexibility index (Phi) is 5.96. The van der Waals surface area contributed by atoms with E-state index >= 15 is 0 Å². The van der Waals surface area contributed by atoms with Crippen molar-refractivity contribution >= 4 is 17.2 Å². The van der Waals surface area contributed by atoms with Crippen LogP contribution in [0.1, 0.15) is 25.8 Å². The molecule has 5 heteroatoms. The van der Waals surface area contributed by atoms with Gasteiger partial charge < -0.3 is 15.2 Å². The van der Waals surface area contributed by atoms with Crippen LogP contribution >= 0.6 is 12.2 Å². The second kappa shape index (κ2) is 7.73. The van der Waals surface area contributed by atoms with Crippen LogP contribution in [0.5, 0.6) is 5.75 Å². The Bertz CT molecular complexity index is 481. The molecule has 0 aromatic heterocycles. The van der Waals surface area contributed by atoms with Crippen molar-refractivity contribution in [3.05, 3.63) is 29.8 Å². The van der Waals surface area contributed by atoms with Gasteiger partial charge in [-0.3, -0.25) is 4.90 Å². The normalized spacial score (nSPS) is 23.0. The van der Waals surface area contributed by atoms with Crippen LogP contribution in [0.25, 0.3) is 0 Å². The Morgan fingerprint density at radius 3 is 3.05 bits per heavy atom. The summed E-state index contributed by atoms with van der Waals surface area (Å²) in [6.07, 6.45) is 1.32. The van der Waals surface area contributed by atoms with Crippen molar-refractivity contribution in [3.63, 3.8) is 0 Å². The molecule has 2 rings (SSSR count). The first-order chi connectivity index (χ1) is 10.1. The van der Waals surface area contributed by atoms with Crippen molar-refractivity contribution in [2.45, 2.75) is 32.4 Å². The van der Waals surface area contributed by atoms with Gasteiger partial charge in [0.15, 0.2) is 0 Å². The number of rotatable bonds is 6. The summed E-state index contributed by atoms with van der Waals surface area (Å²) in [4.78, 5) is 2.86. The maximum absolute atomic E-state index is 5.78. The second-order valence-corrected chi connectivity index (χ2v) is 6.02. The molecule has 0 spiro atoms. The van der Waals surface area contributed by atoms with Crippen molar-refractivity contribution in [1.29, 1.82) is 0 Å². The lowest BCUT2D eigenvalue weighted by Gasteiger charge is -2.36. The molecule has 0 radical (unpaired) electrons. The van der Waals surface area contributed by atoms with Gasteiger partial charge >= 0.3 is 0 Å². The maximum atomic E-state index is 5.78. The standard InChI is InChI=1S/C16H24N2O2S/c1-12-11-20-13(2)10-18(12)7-4-8-19-15-6-3-5-14(9-15)16(17)21/h3,5-6,9,12-13H,4,7-8,10-11H2,1-2H3,(H2,17,21). The third-order valence-electron chi connectivity index (χ3n) is 3.71. The fourth-order valence-corrected chi connectivity index (χ4v) is 2.61. The minimum Gasteiger partial charge on any atom is -0.494 e. The Morgan fingerprint density at radius 2 is 2.29 bits per heavy atom. The van der Waals surface area contributed by atoms with Gasteiger partial charge in [-0.15, -0.1) is 0 Å². The van der Waals surface area contributed by atoms with Gasteiger partial charge in [-0.1, -0.05) is 24.4 Å². The van der Waals surface area contributed by atoms with Gasteiger partial charge in [-0.2, -0.15) is 0 Å². The van der Waals surface area contributed by atoms with E-state index in [9.17, 15) is 0 Å². The summed E-state index contributed by atoms with van der Waals surface area (Å²) in [6.45, 7) is 7.87. The number of ether oxygens (including phenoxy) is 2. The number of hydrogen-bond acceptors (Lipinski definition) is 4. The zero-order valence-corrected chi connectivity index (χ0v) is 13.6. The molecule has 1 heterocycles. The molecule has 0 bridgehead atoms. The Hall–Kier alpha value is -1.17. The quantitative estimate of drug-likeness (QED) is 0.645. The highest BCUT2D eigenvalue weighted by atomic mass is 32.1. The van der Waals surface area contributed by atoms with Crippen LogP contribution in [0.2, 0.25) is 0 Å². The van der Waals surface area contributed by atoms with Gasteiger partial charge in [-0.05, 0) is 32.4 Å². The molecule has 21 heavy (non-hydrogen) atoms. The van der Waals surface area contributed by atoms with Crippen molar-refractivity contribution in [1.82, 2.24) is 4.90 Å². The van der Waals surface area contributed by atoms with Crippen LogP contribution in [0.15, 0.2) is 24.3 Å². The number of nitrogens with zero attached hydrogens (tertiary/aromatic N) is 1. The highest BCUT2D eigenvalue weighted by molar-refractivity contribution is 7.80. The van der Waals surface area contributed by atoms with E-state index < -0.39 is 0 Å². The SMILES string of the molecule is CC1CN(CCCOc2cccc(C(N)=S)c2)C(C)CO1. The molecule has 1 aromatic rings. The Labute approximate surface area is 132 Å². The molecule has 4 nitrogen and oxygen atoms in total. The van der Waals surface area contributed by atoms with E-state index in [1.54, 1.807) is 0 Å². The third kappa shape index (κ3) is 4.95. The summed E-state index contributed by atoms with van der Waals surface area (Å²) in [5.41, 5.74) is 6.47. The fourth-order valence-electron chi connectivity index (χ4n) is 2.48. The monoisotopic (exact) mass is 308 g/mol. The maximum Gasteiger partial charge on any atom is 0.119 e. The molecule has 1 aromatic carbocycles. The molecular weight excluding hydrogens is 284 g/mol. The molecule has 2 atom stereocenters. The summed E-state index contributed by atoms with van der Waals surface area (Å²) in [5, 5.41) is 0. The van der Waals surface area contributed by atoms with Crippen LogP contribution in [-0.4, -0.2) is 48.3 Å². The minimum atomic E-state index is 0.323. The first kappa shape index (κ1) is 16.2. The van der Waals surface area contributed by atoms with Crippen molar-refractivity contribution in [2.24, 2.45) is 5.73 Å². The molecule has 2 unspecified atom stereocenters. The smallest absolute Gasteiger partial charge is 0.119 e. The largest absolute Gasteiger partial charge is 0.494 e. The number of benzene rings is 1. The Morgan fingerprint density at radius 1 is 1.48 bits per heavy atom. The zero-order valence-electron chi connectivity index (χ0n) is 12.7. The third-order valence-corrected chi connectivity index (χ3v) is 3.95. The van der Waals surface area contributed by atoms with Crippen LogP contribution in [0.4, 0.5) is 0 Å².